The highest BCUT2D eigenvalue weighted by Crippen LogP contribution is 2.08. The van der Waals surface area contributed by atoms with Gasteiger partial charge in [0, 0.05) is 18.3 Å². The zero-order valence-electron chi connectivity index (χ0n) is 10.3. The molecule has 0 spiro atoms. The molecule has 2 heterocycles. The minimum absolute atomic E-state index is 0.150. The van der Waals surface area contributed by atoms with E-state index in [0.29, 0.717) is 11.6 Å². The molecule has 0 aliphatic carbocycles. The Hall–Kier alpha value is -2.81. The lowest BCUT2D eigenvalue weighted by Crippen LogP contribution is -2.09. The quantitative estimate of drug-likeness (QED) is 0.847. The number of aromatic nitrogens is 2. The number of hydrogen-bond donors (Lipinski definition) is 1. The number of aryl methyl sites for hydroxylation is 1. The summed E-state index contributed by atoms with van der Waals surface area (Å²) in [7, 11) is 0. The Bertz CT molecular complexity index is 646. The van der Waals surface area contributed by atoms with Crippen molar-refractivity contribution in [2.75, 3.05) is 5.32 Å². The largest absolute Gasteiger partial charge is 0.462 e. The maximum Gasteiger partial charge on any atom is 0.249 e. The second kappa shape index (κ2) is 5.69. The SMILES string of the molecule is Cc1ccc(/C=C/C(=O)Nc2ccn(CC#N)n2)o1. The van der Waals surface area contributed by atoms with E-state index in [2.05, 4.69) is 10.4 Å². The number of rotatable bonds is 4. The Kier molecular flexibility index (Phi) is 3.78. The molecule has 2 rings (SSSR count). The third-order valence-electron chi connectivity index (χ3n) is 2.28. The van der Waals surface area contributed by atoms with Crippen LogP contribution in [0.2, 0.25) is 0 Å². The van der Waals surface area contributed by atoms with Crippen LogP contribution in [-0.4, -0.2) is 15.7 Å². The first-order valence-corrected chi connectivity index (χ1v) is 5.63. The van der Waals surface area contributed by atoms with E-state index in [1.807, 2.05) is 19.1 Å². The Balaban J connectivity index is 1.93. The highest BCUT2D eigenvalue weighted by Gasteiger charge is 2.02. The molecule has 96 valence electrons. The Morgan fingerprint density at radius 1 is 1.58 bits per heavy atom. The molecule has 0 atom stereocenters. The summed E-state index contributed by atoms with van der Waals surface area (Å²) in [6, 6.07) is 7.19. The molecule has 19 heavy (non-hydrogen) atoms. The molecule has 6 heteroatoms. The van der Waals surface area contributed by atoms with Gasteiger partial charge in [-0.3, -0.25) is 9.48 Å². The van der Waals surface area contributed by atoms with Gasteiger partial charge in [0.2, 0.25) is 5.91 Å². The van der Waals surface area contributed by atoms with Crippen LogP contribution in [-0.2, 0) is 11.3 Å². The minimum atomic E-state index is -0.309. The zero-order chi connectivity index (χ0) is 13.7. The van der Waals surface area contributed by atoms with Crippen LogP contribution in [0.4, 0.5) is 5.82 Å². The lowest BCUT2D eigenvalue weighted by atomic mass is 10.4. The number of anilines is 1. The number of carbonyl (C=O) groups is 1. The van der Waals surface area contributed by atoms with Gasteiger partial charge in [0.05, 0.1) is 6.07 Å². The Morgan fingerprint density at radius 3 is 3.11 bits per heavy atom. The monoisotopic (exact) mass is 256 g/mol. The van der Waals surface area contributed by atoms with Crippen LogP contribution >= 0.6 is 0 Å². The predicted octanol–water partition coefficient (Wildman–Crippen LogP) is 1.96. The summed E-state index contributed by atoms with van der Waals surface area (Å²) in [5.74, 6) is 1.50. The third kappa shape index (κ3) is 3.57. The molecule has 0 bridgehead atoms. The van der Waals surface area contributed by atoms with Gasteiger partial charge < -0.3 is 9.73 Å². The summed E-state index contributed by atoms with van der Waals surface area (Å²) < 4.78 is 6.74. The van der Waals surface area contributed by atoms with Gasteiger partial charge in [0.15, 0.2) is 5.82 Å². The molecule has 0 aromatic carbocycles. The number of hydrogen-bond acceptors (Lipinski definition) is 4. The number of nitriles is 1. The average molecular weight is 256 g/mol. The molecule has 0 saturated heterocycles. The molecule has 2 aromatic rings. The fourth-order valence-electron chi connectivity index (χ4n) is 1.46. The van der Waals surface area contributed by atoms with Gasteiger partial charge in [-0.1, -0.05) is 0 Å². The summed E-state index contributed by atoms with van der Waals surface area (Å²) in [6.45, 7) is 1.98. The van der Waals surface area contributed by atoms with Gasteiger partial charge in [-0.2, -0.15) is 10.4 Å². The van der Waals surface area contributed by atoms with Crippen LogP contribution in [0.3, 0.4) is 0 Å². The van der Waals surface area contributed by atoms with Crippen molar-refractivity contribution in [2.45, 2.75) is 13.5 Å². The van der Waals surface area contributed by atoms with E-state index in [-0.39, 0.29) is 12.5 Å². The van der Waals surface area contributed by atoms with E-state index in [9.17, 15) is 4.79 Å². The third-order valence-corrected chi connectivity index (χ3v) is 2.28. The van der Waals surface area contributed by atoms with Crippen LogP contribution in [0.15, 0.2) is 34.9 Å². The summed E-state index contributed by atoms with van der Waals surface area (Å²) >= 11 is 0. The van der Waals surface area contributed by atoms with E-state index in [1.165, 1.54) is 10.8 Å². The van der Waals surface area contributed by atoms with E-state index < -0.39 is 0 Å². The summed E-state index contributed by atoms with van der Waals surface area (Å²) in [4.78, 5) is 11.6. The van der Waals surface area contributed by atoms with Gasteiger partial charge in [0.25, 0.3) is 0 Å². The van der Waals surface area contributed by atoms with Crippen molar-refractivity contribution < 1.29 is 9.21 Å². The molecule has 1 N–H and O–H groups in total. The molecule has 0 fully saturated rings. The average Bonchev–Trinajstić information content (AvgIpc) is 2.97. The molecule has 0 aliphatic rings. The van der Waals surface area contributed by atoms with Crippen molar-refractivity contribution in [1.82, 2.24) is 9.78 Å². The van der Waals surface area contributed by atoms with Crippen molar-refractivity contribution in [1.29, 1.82) is 5.26 Å². The van der Waals surface area contributed by atoms with Gasteiger partial charge >= 0.3 is 0 Å². The number of nitrogens with zero attached hydrogens (tertiary/aromatic N) is 3. The fourth-order valence-corrected chi connectivity index (χ4v) is 1.46. The lowest BCUT2D eigenvalue weighted by Gasteiger charge is -1.96. The van der Waals surface area contributed by atoms with Crippen LogP contribution in [0.1, 0.15) is 11.5 Å². The molecule has 0 unspecified atom stereocenters. The normalized spacial score (nSPS) is 10.5. The van der Waals surface area contributed by atoms with Crippen LogP contribution < -0.4 is 5.32 Å². The molecule has 1 amide bonds. The van der Waals surface area contributed by atoms with Crippen molar-refractivity contribution in [3.05, 3.63) is 42.0 Å². The zero-order valence-corrected chi connectivity index (χ0v) is 10.3. The standard InChI is InChI=1S/C13H12N4O2/c1-10-2-3-11(19-10)4-5-13(18)15-12-6-8-17(16-12)9-7-14/h2-6,8H,9H2,1H3,(H,15,16,18)/b5-4+. The van der Waals surface area contributed by atoms with Crippen molar-refractivity contribution in [3.8, 4) is 6.07 Å². The Morgan fingerprint density at radius 2 is 2.42 bits per heavy atom. The molecule has 0 saturated carbocycles. The summed E-state index contributed by atoms with van der Waals surface area (Å²) in [6.07, 6.45) is 4.56. The van der Waals surface area contributed by atoms with Gasteiger partial charge in [-0.25, -0.2) is 0 Å². The highest BCUT2D eigenvalue weighted by molar-refractivity contribution is 6.01. The summed E-state index contributed by atoms with van der Waals surface area (Å²) in [5.41, 5.74) is 0. The Labute approximate surface area is 109 Å². The maximum absolute atomic E-state index is 11.6. The smallest absolute Gasteiger partial charge is 0.249 e. The predicted molar refractivity (Wildman–Crippen MR) is 68.9 cm³/mol. The van der Waals surface area contributed by atoms with Crippen LogP contribution in [0, 0.1) is 18.3 Å². The molecule has 0 radical (unpaired) electrons. The van der Waals surface area contributed by atoms with Crippen LogP contribution in [0.5, 0.6) is 0 Å². The van der Waals surface area contributed by atoms with Crippen LogP contribution in [0.25, 0.3) is 6.08 Å². The molecule has 6 nitrogen and oxygen atoms in total. The molecule has 0 aliphatic heterocycles. The van der Waals surface area contributed by atoms with E-state index >= 15 is 0 Å². The van der Waals surface area contributed by atoms with Crippen molar-refractivity contribution in [2.24, 2.45) is 0 Å². The van der Waals surface area contributed by atoms with E-state index in [4.69, 9.17) is 9.68 Å². The number of carbonyl (C=O) groups excluding carboxylic acids is 1. The van der Waals surface area contributed by atoms with Gasteiger partial charge in [0.1, 0.15) is 18.1 Å². The maximum atomic E-state index is 11.6. The second-order valence-corrected chi connectivity index (χ2v) is 3.83. The topological polar surface area (TPSA) is 83.9 Å². The molecular formula is C13H12N4O2. The number of amides is 1. The van der Waals surface area contributed by atoms with Gasteiger partial charge in [-0.15, -0.1) is 0 Å². The highest BCUT2D eigenvalue weighted by atomic mass is 16.3. The lowest BCUT2D eigenvalue weighted by molar-refractivity contribution is -0.111. The second-order valence-electron chi connectivity index (χ2n) is 3.83. The number of furan rings is 1. The van der Waals surface area contributed by atoms with E-state index in [0.717, 1.165) is 5.76 Å². The van der Waals surface area contributed by atoms with Crippen molar-refractivity contribution in [3.63, 3.8) is 0 Å². The van der Waals surface area contributed by atoms with Gasteiger partial charge in [-0.05, 0) is 25.1 Å². The van der Waals surface area contributed by atoms with Crippen molar-refractivity contribution >= 4 is 17.8 Å². The summed E-state index contributed by atoms with van der Waals surface area (Å²) in [5, 5.41) is 15.1. The number of nitrogens with one attached hydrogen (secondary N) is 1. The van der Waals surface area contributed by atoms with E-state index in [1.54, 1.807) is 24.4 Å². The first-order chi connectivity index (χ1) is 9.17. The minimum Gasteiger partial charge on any atom is -0.462 e. The molecular weight excluding hydrogens is 244 g/mol. The fraction of sp³-hybridized carbons (Fsp3) is 0.154. The molecule has 2 aromatic heterocycles. The first kappa shape index (κ1) is 12.6. The first-order valence-electron chi connectivity index (χ1n) is 5.63.